The summed E-state index contributed by atoms with van der Waals surface area (Å²) in [7, 11) is 1.88. The molecule has 3 aromatic rings. The van der Waals surface area contributed by atoms with Gasteiger partial charge in [-0.2, -0.15) is 5.10 Å². The zero-order valence-corrected chi connectivity index (χ0v) is 15.4. The topological polar surface area (TPSA) is 56.2 Å². The Morgan fingerprint density at radius 2 is 1.96 bits per heavy atom. The molecule has 0 bridgehead atoms. The molecule has 1 atom stereocenters. The number of aryl methyl sites for hydroxylation is 1. The molecule has 0 aliphatic carbocycles. The molecule has 2 heterocycles. The van der Waals surface area contributed by atoms with Gasteiger partial charge < -0.3 is 10.1 Å². The molecule has 1 unspecified atom stereocenters. The summed E-state index contributed by atoms with van der Waals surface area (Å²) >= 11 is 0. The van der Waals surface area contributed by atoms with Crippen LogP contribution in [-0.2, 0) is 13.5 Å². The van der Waals surface area contributed by atoms with Crippen LogP contribution in [0.4, 0.5) is 0 Å². The molecule has 2 aromatic carbocycles. The smallest absolute Gasteiger partial charge is 0.255 e. The van der Waals surface area contributed by atoms with Crippen LogP contribution < -0.4 is 10.1 Å². The quantitative estimate of drug-likeness (QED) is 0.772. The van der Waals surface area contributed by atoms with Crippen LogP contribution in [-0.4, -0.2) is 22.3 Å². The van der Waals surface area contributed by atoms with E-state index in [-0.39, 0.29) is 11.9 Å². The number of benzene rings is 2. The van der Waals surface area contributed by atoms with Gasteiger partial charge in [0.15, 0.2) is 0 Å². The number of rotatable bonds is 4. The van der Waals surface area contributed by atoms with Crippen molar-refractivity contribution >= 4 is 5.91 Å². The Kier molecular flexibility index (Phi) is 4.92. The van der Waals surface area contributed by atoms with Crippen LogP contribution in [0.1, 0.15) is 46.1 Å². The van der Waals surface area contributed by atoms with E-state index in [1.165, 1.54) is 0 Å². The molecule has 0 spiro atoms. The fourth-order valence-corrected chi connectivity index (χ4v) is 3.56. The van der Waals surface area contributed by atoms with Crippen LogP contribution in [0, 0.1) is 0 Å². The number of carbonyl (C=O) groups is 1. The maximum atomic E-state index is 13.1. The lowest BCUT2D eigenvalue weighted by atomic mass is 10.0. The van der Waals surface area contributed by atoms with Gasteiger partial charge in [-0.15, -0.1) is 0 Å². The SMILES string of the molecule is Cn1ncc(C(=O)NC2CCCOc3ccccc32)c1Cc1ccccc1. The van der Waals surface area contributed by atoms with Crippen molar-refractivity contribution in [3.63, 3.8) is 0 Å². The van der Waals surface area contributed by atoms with Gasteiger partial charge in [0, 0.05) is 19.0 Å². The van der Waals surface area contributed by atoms with E-state index in [9.17, 15) is 4.79 Å². The third-order valence-corrected chi connectivity index (χ3v) is 5.02. The molecule has 0 fully saturated rings. The summed E-state index contributed by atoms with van der Waals surface area (Å²) in [5, 5.41) is 7.52. The van der Waals surface area contributed by atoms with Gasteiger partial charge in [-0.05, 0) is 24.5 Å². The molecule has 0 saturated carbocycles. The van der Waals surface area contributed by atoms with Crippen LogP contribution >= 0.6 is 0 Å². The average molecular weight is 361 g/mol. The molecule has 5 heteroatoms. The van der Waals surface area contributed by atoms with Gasteiger partial charge in [-0.3, -0.25) is 9.48 Å². The number of hydrogen-bond donors (Lipinski definition) is 1. The van der Waals surface area contributed by atoms with Gasteiger partial charge in [-0.1, -0.05) is 48.5 Å². The maximum absolute atomic E-state index is 13.1. The lowest BCUT2D eigenvalue weighted by Crippen LogP contribution is -2.29. The number of para-hydroxylation sites is 1. The van der Waals surface area contributed by atoms with E-state index < -0.39 is 0 Å². The standard InChI is InChI=1S/C22H23N3O2/c1-25-20(14-16-8-3-2-4-9-16)18(15-23-25)22(26)24-19-11-7-13-27-21-12-6-5-10-17(19)21/h2-6,8-10,12,15,19H,7,11,13-14H2,1H3,(H,24,26). The minimum Gasteiger partial charge on any atom is -0.493 e. The van der Waals surface area contributed by atoms with Gasteiger partial charge >= 0.3 is 0 Å². The molecule has 5 nitrogen and oxygen atoms in total. The van der Waals surface area contributed by atoms with Crippen LogP contribution in [0.15, 0.2) is 60.8 Å². The Morgan fingerprint density at radius 3 is 2.81 bits per heavy atom. The predicted molar refractivity (Wildman–Crippen MR) is 104 cm³/mol. The van der Waals surface area contributed by atoms with Crippen LogP contribution in [0.25, 0.3) is 0 Å². The minimum absolute atomic E-state index is 0.0546. The lowest BCUT2D eigenvalue weighted by molar-refractivity contribution is 0.0933. The second-order valence-corrected chi connectivity index (χ2v) is 6.85. The first kappa shape index (κ1) is 17.3. The molecule has 1 aromatic heterocycles. The highest BCUT2D eigenvalue weighted by Crippen LogP contribution is 2.31. The number of nitrogens with zero attached hydrogens (tertiary/aromatic N) is 2. The van der Waals surface area contributed by atoms with E-state index in [2.05, 4.69) is 22.5 Å². The second kappa shape index (κ2) is 7.66. The van der Waals surface area contributed by atoms with E-state index in [1.807, 2.05) is 49.5 Å². The summed E-state index contributed by atoms with van der Waals surface area (Å²) in [4.78, 5) is 13.1. The highest BCUT2D eigenvalue weighted by molar-refractivity contribution is 5.95. The summed E-state index contributed by atoms with van der Waals surface area (Å²) in [6.07, 6.45) is 4.09. The molecular formula is C22H23N3O2. The van der Waals surface area contributed by atoms with Crippen molar-refractivity contribution in [2.75, 3.05) is 6.61 Å². The van der Waals surface area contributed by atoms with Crippen molar-refractivity contribution in [1.29, 1.82) is 0 Å². The van der Waals surface area contributed by atoms with Crippen LogP contribution in [0.5, 0.6) is 5.75 Å². The number of amides is 1. The Hall–Kier alpha value is -3.08. The van der Waals surface area contributed by atoms with Gasteiger partial charge in [0.1, 0.15) is 5.75 Å². The minimum atomic E-state index is -0.0873. The number of hydrogen-bond acceptors (Lipinski definition) is 3. The Balaban J connectivity index is 1.57. The lowest BCUT2D eigenvalue weighted by Gasteiger charge is -2.18. The van der Waals surface area contributed by atoms with Crippen molar-refractivity contribution in [2.45, 2.75) is 25.3 Å². The largest absolute Gasteiger partial charge is 0.493 e. The number of aromatic nitrogens is 2. The summed E-state index contributed by atoms with van der Waals surface area (Å²) < 4.78 is 7.59. The second-order valence-electron chi connectivity index (χ2n) is 6.85. The molecule has 1 amide bonds. The van der Waals surface area contributed by atoms with Crippen LogP contribution in [0.2, 0.25) is 0 Å². The average Bonchev–Trinajstić information content (AvgIpc) is 2.93. The first-order valence-corrected chi connectivity index (χ1v) is 9.30. The van der Waals surface area contributed by atoms with Crippen molar-refractivity contribution in [3.8, 4) is 5.75 Å². The Labute approximate surface area is 159 Å². The predicted octanol–water partition coefficient (Wildman–Crippen LogP) is 3.65. The molecule has 1 aliphatic heterocycles. The number of carbonyl (C=O) groups excluding carboxylic acids is 1. The maximum Gasteiger partial charge on any atom is 0.255 e. The third kappa shape index (κ3) is 3.72. The number of ether oxygens (including phenoxy) is 1. The van der Waals surface area contributed by atoms with Gasteiger partial charge in [0.05, 0.1) is 30.1 Å². The van der Waals surface area contributed by atoms with E-state index in [0.717, 1.165) is 35.4 Å². The molecule has 1 N–H and O–H groups in total. The van der Waals surface area contributed by atoms with Crippen molar-refractivity contribution in [3.05, 3.63) is 83.2 Å². The zero-order valence-electron chi connectivity index (χ0n) is 15.4. The van der Waals surface area contributed by atoms with Gasteiger partial charge in [-0.25, -0.2) is 0 Å². The summed E-state index contributed by atoms with van der Waals surface area (Å²) in [5.41, 5.74) is 3.74. The molecule has 27 heavy (non-hydrogen) atoms. The van der Waals surface area contributed by atoms with Crippen molar-refractivity contribution < 1.29 is 9.53 Å². The van der Waals surface area contributed by atoms with E-state index >= 15 is 0 Å². The summed E-state index contributed by atoms with van der Waals surface area (Å²) in [5.74, 6) is 0.770. The molecule has 138 valence electrons. The fraction of sp³-hybridized carbons (Fsp3) is 0.273. The molecule has 0 radical (unpaired) electrons. The van der Waals surface area contributed by atoms with E-state index in [0.29, 0.717) is 18.6 Å². The highest BCUT2D eigenvalue weighted by Gasteiger charge is 2.24. The Bertz CT molecular complexity index is 934. The highest BCUT2D eigenvalue weighted by atomic mass is 16.5. The molecule has 0 saturated heterocycles. The monoisotopic (exact) mass is 361 g/mol. The van der Waals surface area contributed by atoms with Crippen molar-refractivity contribution in [1.82, 2.24) is 15.1 Å². The first-order valence-electron chi connectivity index (χ1n) is 9.30. The molecular weight excluding hydrogens is 338 g/mol. The fourth-order valence-electron chi connectivity index (χ4n) is 3.56. The number of fused-ring (bicyclic) bond motifs is 1. The summed E-state index contributed by atoms with van der Waals surface area (Å²) in [6, 6.07) is 18.0. The van der Waals surface area contributed by atoms with Gasteiger partial charge in [0.25, 0.3) is 5.91 Å². The van der Waals surface area contributed by atoms with Crippen molar-refractivity contribution in [2.24, 2.45) is 7.05 Å². The molecule has 4 rings (SSSR count). The summed E-state index contributed by atoms with van der Waals surface area (Å²) in [6.45, 7) is 0.676. The molecule has 1 aliphatic rings. The van der Waals surface area contributed by atoms with Gasteiger partial charge in [0.2, 0.25) is 0 Å². The number of nitrogens with one attached hydrogen (secondary N) is 1. The van der Waals surface area contributed by atoms with E-state index in [4.69, 9.17) is 4.74 Å². The normalized spacial score (nSPS) is 16.1. The first-order chi connectivity index (χ1) is 13.2. The Morgan fingerprint density at radius 1 is 1.19 bits per heavy atom. The third-order valence-electron chi connectivity index (χ3n) is 5.02. The zero-order chi connectivity index (χ0) is 18.6. The van der Waals surface area contributed by atoms with Crippen LogP contribution in [0.3, 0.4) is 0 Å². The van der Waals surface area contributed by atoms with E-state index in [1.54, 1.807) is 10.9 Å².